The van der Waals surface area contributed by atoms with Gasteiger partial charge in [0.1, 0.15) is 11.2 Å². The minimum Gasteiger partial charge on any atom is -0.298 e. The Labute approximate surface area is 159 Å². The molecule has 1 aliphatic heterocycles. The molecule has 0 spiro atoms. The molecule has 0 amide bonds. The van der Waals surface area contributed by atoms with Crippen molar-refractivity contribution in [2.75, 3.05) is 0 Å². The Morgan fingerprint density at radius 1 is 1.19 bits per heavy atom. The van der Waals surface area contributed by atoms with E-state index >= 15 is 0 Å². The number of carbonyl (C=O) groups is 1. The van der Waals surface area contributed by atoms with Gasteiger partial charge >= 0.3 is 0 Å². The average Bonchev–Trinajstić information content (AvgIpc) is 3.25. The Morgan fingerprint density at radius 2 is 2.00 bits per heavy atom. The lowest BCUT2D eigenvalue weighted by Crippen LogP contribution is -2.30. The number of carbonyl (C=O) groups excluding carboxylic acids is 1. The Balaban J connectivity index is 1.84. The summed E-state index contributed by atoms with van der Waals surface area (Å²) >= 11 is 6.42. The summed E-state index contributed by atoms with van der Waals surface area (Å²) in [7, 11) is 0. The maximum atomic E-state index is 12.6. The second kappa shape index (κ2) is 5.27. The maximum absolute atomic E-state index is 12.6. The first-order valence-electron chi connectivity index (χ1n) is 8.57. The molecule has 1 atom stereocenters. The Hall–Kier alpha value is -2.99. The van der Waals surface area contributed by atoms with E-state index in [0.29, 0.717) is 17.1 Å². The highest BCUT2D eigenvalue weighted by molar-refractivity contribution is 6.34. The largest absolute Gasteiger partial charge is 0.298 e. The molecule has 7 heteroatoms. The van der Waals surface area contributed by atoms with Gasteiger partial charge in [0.2, 0.25) is 0 Å². The molecule has 1 N–H and O–H groups in total. The van der Waals surface area contributed by atoms with Gasteiger partial charge in [0, 0.05) is 11.8 Å². The lowest BCUT2D eigenvalue weighted by Gasteiger charge is -2.22. The molecule has 2 aliphatic rings. The zero-order valence-electron chi connectivity index (χ0n) is 14.7. The average molecular weight is 379 g/mol. The first-order chi connectivity index (χ1) is 12.9. The van der Waals surface area contributed by atoms with Crippen molar-refractivity contribution >= 4 is 23.5 Å². The highest BCUT2D eigenvalue weighted by atomic mass is 35.5. The topological polar surface area (TPSA) is 80.6 Å². The van der Waals surface area contributed by atoms with Crippen LogP contribution in [0.5, 0.6) is 0 Å². The number of ketones is 1. The van der Waals surface area contributed by atoms with Crippen molar-refractivity contribution < 1.29 is 4.79 Å². The van der Waals surface area contributed by atoms with Gasteiger partial charge in [0.05, 0.1) is 28.6 Å². The van der Waals surface area contributed by atoms with Gasteiger partial charge in [-0.15, -0.1) is 11.6 Å². The van der Waals surface area contributed by atoms with Crippen molar-refractivity contribution in [1.82, 2.24) is 19.7 Å². The second-order valence-corrected chi connectivity index (χ2v) is 7.75. The molecule has 134 valence electrons. The fourth-order valence-electron chi connectivity index (χ4n) is 3.95. The number of hydrogen-bond donors (Lipinski definition) is 1. The van der Waals surface area contributed by atoms with Crippen LogP contribution in [0.2, 0.25) is 0 Å². The van der Waals surface area contributed by atoms with Gasteiger partial charge < -0.3 is 0 Å². The predicted octanol–water partition coefficient (Wildman–Crippen LogP) is 3.14. The number of allylic oxidation sites excluding steroid dienone is 1. The van der Waals surface area contributed by atoms with Crippen LogP contribution in [-0.4, -0.2) is 25.5 Å². The molecule has 0 bridgehead atoms. The molecule has 3 heterocycles. The molecule has 3 aromatic rings. The number of nitrogens with one attached hydrogen (secondary N) is 1. The zero-order chi connectivity index (χ0) is 18.9. The van der Waals surface area contributed by atoms with Crippen LogP contribution in [0.1, 0.15) is 41.9 Å². The highest BCUT2D eigenvalue weighted by Crippen LogP contribution is 2.45. The van der Waals surface area contributed by atoms with Crippen molar-refractivity contribution in [2.24, 2.45) is 0 Å². The lowest BCUT2D eigenvalue weighted by atomic mass is 9.84. The van der Waals surface area contributed by atoms with Gasteiger partial charge in [0.25, 0.3) is 5.56 Å². The van der Waals surface area contributed by atoms with Crippen molar-refractivity contribution in [3.63, 3.8) is 0 Å². The third kappa shape index (κ3) is 2.07. The molecule has 1 aliphatic carbocycles. The number of H-pyrrole nitrogens is 1. The number of fused-ring (bicyclic) bond motifs is 5. The summed E-state index contributed by atoms with van der Waals surface area (Å²) in [5.74, 6) is 0.366. The Kier molecular flexibility index (Phi) is 3.16. The SMILES string of the molecule is CC1(C)c2cc(-c3cn[nH]c3)ccc2-n2c1nc(=O)c1c2C(Cl)C(=O)C=C1. The number of alkyl halides is 1. The lowest BCUT2D eigenvalue weighted by molar-refractivity contribution is -0.114. The molecule has 1 unspecified atom stereocenters. The summed E-state index contributed by atoms with van der Waals surface area (Å²) in [6, 6.07) is 6.05. The summed E-state index contributed by atoms with van der Waals surface area (Å²) in [6.07, 6.45) is 6.46. The van der Waals surface area contributed by atoms with E-state index in [1.165, 1.54) is 12.2 Å². The molecule has 2 aromatic heterocycles. The monoisotopic (exact) mass is 378 g/mol. The standard InChI is InChI=1S/C20H15ClN4O2/c1-20(2)13-7-10(11-8-22-23-9-11)3-5-14(13)25-17-12(18(27)24-19(20)25)4-6-15(26)16(17)21/h3-9,16H,1-2H3,(H,22,23). The number of benzene rings is 1. The van der Waals surface area contributed by atoms with E-state index < -0.39 is 10.8 Å². The van der Waals surface area contributed by atoms with Crippen molar-refractivity contribution in [3.8, 4) is 16.8 Å². The van der Waals surface area contributed by atoms with E-state index in [2.05, 4.69) is 21.2 Å². The van der Waals surface area contributed by atoms with Crippen LogP contribution in [0.3, 0.4) is 0 Å². The van der Waals surface area contributed by atoms with Gasteiger partial charge in [0.15, 0.2) is 5.78 Å². The third-order valence-corrected chi connectivity index (χ3v) is 5.79. The smallest absolute Gasteiger partial charge is 0.280 e. The summed E-state index contributed by atoms with van der Waals surface area (Å²) in [5.41, 5.74) is 3.90. The Bertz CT molecular complexity index is 1210. The molecule has 0 saturated carbocycles. The van der Waals surface area contributed by atoms with E-state index in [4.69, 9.17) is 11.6 Å². The third-order valence-electron chi connectivity index (χ3n) is 5.37. The molecule has 5 rings (SSSR count). The van der Waals surface area contributed by atoms with Crippen molar-refractivity contribution in [1.29, 1.82) is 0 Å². The van der Waals surface area contributed by atoms with Crippen molar-refractivity contribution in [3.05, 3.63) is 69.7 Å². The molecule has 6 nitrogen and oxygen atoms in total. The summed E-state index contributed by atoms with van der Waals surface area (Å²) < 4.78 is 1.88. The number of hydrogen-bond acceptors (Lipinski definition) is 4. The van der Waals surface area contributed by atoms with E-state index in [0.717, 1.165) is 22.4 Å². The van der Waals surface area contributed by atoms with E-state index in [1.807, 2.05) is 36.7 Å². The first kappa shape index (κ1) is 16.2. The Morgan fingerprint density at radius 3 is 2.74 bits per heavy atom. The van der Waals surface area contributed by atoms with Gasteiger partial charge in [-0.3, -0.25) is 19.3 Å². The van der Waals surface area contributed by atoms with Crippen LogP contribution in [0.25, 0.3) is 22.9 Å². The predicted molar refractivity (Wildman–Crippen MR) is 102 cm³/mol. The van der Waals surface area contributed by atoms with Crippen LogP contribution < -0.4 is 5.56 Å². The number of aromatic amines is 1. The maximum Gasteiger partial charge on any atom is 0.280 e. The summed E-state index contributed by atoms with van der Waals surface area (Å²) in [5, 5.41) is 5.92. The van der Waals surface area contributed by atoms with Gasteiger partial charge in [-0.05, 0) is 49.3 Å². The summed E-state index contributed by atoms with van der Waals surface area (Å²) in [4.78, 5) is 29.2. The van der Waals surface area contributed by atoms with Gasteiger partial charge in [-0.1, -0.05) is 6.07 Å². The fraction of sp³-hybridized carbons (Fsp3) is 0.200. The van der Waals surface area contributed by atoms with E-state index in [1.54, 1.807) is 6.20 Å². The molecular formula is C20H15ClN4O2. The minimum atomic E-state index is -0.908. The molecule has 0 saturated heterocycles. The van der Waals surface area contributed by atoms with Gasteiger partial charge in [-0.2, -0.15) is 10.1 Å². The van der Waals surface area contributed by atoms with Crippen LogP contribution in [0.4, 0.5) is 0 Å². The first-order valence-corrected chi connectivity index (χ1v) is 9.00. The number of halogens is 1. The molecule has 0 fully saturated rings. The second-order valence-electron chi connectivity index (χ2n) is 7.32. The molecule has 27 heavy (non-hydrogen) atoms. The normalized spacial score (nSPS) is 18.9. The molecular weight excluding hydrogens is 364 g/mol. The van der Waals surface area contributed by atoms with Crippen LogP contribution >= 0.6 is 11.6 Å². The zero-order valence-corrected chi connectivity index (χ0v) is 15.4. The van der Waals surface area contributed by atoms with Crippen LogP contribution in [0, 0.1) is 0 Å². The summed E-state index contributed by atoms with van der Waals surface area (Å²) in [6.45, 7) is 4.04. The van der Waals surface area contributed by atoms with Crippen LogP contribution in [-0.2, 0) is 10.2 Å². The highest BCUT2D eigenvalue weighted by Gasteiger charge is 2.42. The number of rotatable bonds is 1. The number of aromatic nitrogens is 4. The van der Waals surface area contributed by atoms with E-state index in [-0.39, 0.29) is 11.3 Å². The van der Waals surface area contributed by atoms with Gasteiger partial charge in [-0.25, -0.2) is 0 Å². The quantitative estimate of drug-likeness (QED) is 0.659. The van der Waals surface area contributed by atoms with E-state index in [9.17, 15) is 9.59 Å². The number of nitrogens with zero attached hydrogens (tertiary/aromatic N) is 3. The van der Waals surface area contributed by atoms with Crippen LogP contribution in [0.15, 0.2) is 41.5 Å². The molecule has 0 radical (unpaired) electrons. The fourth-order valence-corrected chi connectivity index (χ4v) is 4.23. The van der Waals surface area contributed by atoms with Crippen molar-refractivity contribution in [2.45, 2.75) is 24.6 Å². The molecule has 1 aromatic carbocycles. The minimum absolute atomic E-state index is 0.231.